The van der Waals surface area contributed by atoms with Crippen molar-refractivity contribution in [3.05, 3.63) is 11.8 Å². The Morgan fingerprint density at radius 3 is 2.79 bits per heavy atom. The van der Waals surface area contributed by atoms with Gasteiger partial charge in [-0.15, -0.1) is 0 Å². The van der Waals surface area contributed by atoms with Crippen molar-refractivity contribution in [1.29, 1.82) is 0 Å². The van der Waals surface area contributed by atoms with Crippen LogP contribution in [-0.4, -0.2) is 42.1 Å². The zero-order chi connectivity index (χ0) is 13.9. The molecule has 1 aliphatic carbocycles. The van der Waals surface area contributed by atoms with Gasteiger partial charge in [0.15, 0.2) is 5.03 Å². The van der Waals surface area contributed by atoms with Gasteiger partial charge in [-0.25, -0.2) is 8.42 Å². The van der Waals surface area contributed by atoms with E-state index >= 15 is 0 Å². The van der Waals surface area contributed by atoms with Crippen molar-refractivity contribution in [2.24, 2.45) is 0 Å². The van der Waals surface area contributed by atoms with Gasteiger partial charge >= 0.3 is 0 Å². The SMILES string of the molecule is CCCN(CC)S(=O)(=O)c1[nH]ncc1CNC1CC1. The average Bonchev–Trinajstić information content (AvgIpc) is 3.09. The van der Waals surface area contributed by atoms with Crippen LogP contribution in [0, 0.1) is 0 Å². The molecule has 2 rings (SSSR count). The molecule has 0 bridgehead atoms. The van der Waals surface area contributed by atoms with E-state index in [1.54, 1.807) is 6.20 Å². The van der Waals surface area contributed by atoms with Gasteiger partial charge in [0.05, 0.1) is 6.20 Å². The van der Waals surface area contributed by atoms with Crippen LogP contribution in [0.15, 0.2) is 11.2 Å². The highest BCUT2D eigenvalue weighted by molar-refractivity contribution is 7.89. The normalized spacial score (nSPS) is 16.2. The van der Waals surface area contributed by atoms with Gasteiger partial charge in [-0.1, -0.05) is 13.8 Å². The van der Waals surface area contributed by atoms with Crippen LogP contribution in [0.4, 0.5) is 0 Å². The number of rotatable bonds is 8. The summed E-state index contributed by atoms with van der Waals surface area (Å²) in [6, 6.07) is 0.545. The van der Waals surface area contributed by atoms with Crippen LogP contribution in [0.25, 0.3) is 0 Å². The second-order valence-corrected chi connectivity index (χ2v) is 6.75. The first-order valence-electron chi connectivity index (χ1n) is 6.85. The quantitative estimate of drug-likeness (QED) is 0.749. The Morgan fingerprint density at radius 2 is 2.21 bits per heavy atom. The summed E-state index contributed by atoms with van der Waals surface area (Å²) in [5.41, 5.74) is 0.724. The molecule has 7 heteroatoms. The molecule has 0 aliphatic heterocycles. The van der Waals surface area contributed by atoms with E-state index in [1.165, 1.54) is 17.1 Å². The first-order valence-corrected chi connectivity index (χ1v) is 8.29. The van der Waals surface area contributed by atoms with Gasteiger partial charge in [0.1, 0.15) is 0 Å². The van der Waals surface area contributed by atoms with Crippen molar-refractivity contribution in [2.75, 3.05) is 13.1 Å². The second kappa shape index (κ2) is 6.02. The zero-order valence-corrected chi connectivity index (χ0v) is 12.3. The smallest absolute Gasteiger partial charge is 0.260 e. The fraction of sp³-hybridized carbons (Fsp3) is 0.750. The van der Waals surface area contributed by atoms with Crippen molar-refractivity contribution in [3.8, 4) is 0 Å². The minimum Gasteiger partial charge on any atom is -0.310 e. The number of aromatic nitrogens is 2. The molecule has 1 aliphatic rings. The van der Waals surface area contributed by atoms with E-state index in [4.69, 9.17) is 0 Å². The molecule has 1 aromatic rings. The summed E-state index contributed by atoms with van der Waals surface area (Å²) in [6.07, 6.45) is 4.76. The zero-order valence-electron chi connectivity index (χ0n) is 11.5. The number of nitrogens with zero attached hydrogens (tertiary/aromatic N) is 2. The van der Waals surface area contributed by atoms with E-state index < -0.39 is 10.0 Å². The van der Waals surface area contributed by atoms with Crippen LogP contribution < -0.4 is 5.32 Å². The third kappa shape index (κ3) is 3.34. The number of sulfonamides is 1. The van der Waals surface area contributed by atoms with Crippen molar-refractivity contribution >= 4 is 10.0 Å². The van der Waals surface area contributed by atoms with Crippen molar-refractivity contribution in [2.45, 2.75) is 50.7 Å². The lowest BCUT2D eigenvalue weighted by molar-refractivity contribution is 0.424. The summed E-state index contributed by atoms with van der Waals surface area (Å²) in [7, 11) is -3.45. The van der Waals surface area contributed by atoms with Gasteiger partial charge in [-0.2, -0.15) is 9.40 Å². The topological polar surface area (TPSA) is 78.1 Å². The molecule has 1 aromatic heterocycles. The lowest BCUT2D eigenvalue weighted by atomic mass is 10.3. The molecule has 108 valence electrons. The minimum atomic E-state index is -3.45. The van der Waals surface area contributed by atoms with Crippen LogP contribution in [0.1, 0.15) is 38.7 Å². The summed E-state index contributed by atoms with van der Waals surface area (Å²) in [4.78, 5) is 0. The van der Waals surface area contributed by atoms with E-state index in [9.17, 15) is 8.42 Å². The summed E-state index contributed by atoms with van der Waals surface area (Å²) in [6.45, 7) is 5.39. The lowest BCUT2D eigenvalue weighted by Gasteiger charge is -2.19. The summed E-state index contributed by atoms with van der Waals surface area (Å²) >= 11 is 0. The van der Waals surface area contributed by atoms with E-state index in [2.05, 4.69) is 15.5 Å². The third-order valence-corrected chi connectivity index (χ3v) is 5.25. The molecule has 2 N–H and O–H groups in total. The van der Waals surface area contributed by atoms with Crippen LogP contribution in [-0.2, 0) is 16.6 Å². The molecule has 1 saturated carbocycles. The molecular weight excluding hydrogens is 264 g/mol. The van der Waals surface area contributed by atoms with Crippen LogP contribution >= 0.6 is 0 Å². The molecule has 1 heterocycles. The maximum Gasteiger partial charge on any atom is 0.260 e. The highest BCUT2D eigenvalue weighted by Gasteiger charge is 2.28. The molecule has 19 heavy (non-hydrogen) atoms. The van der Waals surface area contributed by atoms with Crippen molar-refractivity contribution in [1.82, 2.24) is 19.8 Å². The maximum absolute atomic E-state index is 12.5. The molecule has 0 saturated heterocycles. The Hall–Kier alpha value is -0.920. The Bertz CT molecular complexity index is 508. The molecule has 0 unspecified atom stereocenters. The first kappa shape index (κ1) is 14.5. The fourth-order valence-corrected chi connectivity index (χ4v) is 3.66. The Morgan fingerprint density at radius 1 is 1.47 bits per heavy atom. The van der Waals surface area contributed by atoms with E-state index in [1.807, 2.05) is 13.8 Å². The van der Waals surface area contributed by atoms with Gasteiger partial charge in [-0.3, -0.25) is 5.10 Å². The molecule has 6 nitrogen and oxygen atoms in total. The predicted octanol–water partition coefficient (Wildman–Crippen LogP) is 1.08. The monoisotopic (exact) mass is 286 g/mol. The molecule has 0 amide bonds. The number of hydrogen-bond acceptors (Lipinski definition) is 4. The van der Waals surface area contributed by atoms with Gasteiger partial charge in [0, 0.05) is 31.2 Å². The molecule has 0 aromatic carbocycles. The van der Waals surface area contributed by atoms with Gasteiger partial charge < -0.3 is 5.32 Å². The summed E-state index contributed by atoms with van der Waals surface area (Å²) in [5, 5.41) is 10.1. The maximum atomic E-state index is 12.5. The first-order chi connectivity index (χ1) is 9.09. The van der Waals surface area contributed by atoms with E-state index in [-0.39, 0.29) is 5.03 Å². The number of H-pyrrole nitrogens is 1. The minimum absolute atomic E-state index is 0.232. The standard InChI is InChI=1S/C12H22N4O2S/c1-3-7-16(4-2)19(17,18)12-10(9-14-15-12)8-13-11-5-6-11/h9,11,13H,3-8H2,1-2H3,(H,14,15). The molecule has 0 radical (unpaired) electrons. The fourth-order valence-electron chi connectivity index (χ4n) is 2.02. The molecule has 0 spiro atoms. The highest BCUT2D eigenvalue weighted by atomic mass is 32.2. The highest BCUT2D eigenvalue weighted by Crippen LogP contribution is 2.22. The Labute approximate surface area is 114 Å². The third-order valence-electron chi connectivity index (χ3n) is 3.26. The average molecular weight is 286 g/mol. The van der Waals surface area contributed by atoms with E-state index in [0.29, 0.717) is 25.7 Å². The Kier molecular flexibility index (Phi) is 4.59. The van der Waals surface area contributed by atoms with Crippen molar-refractivity contribution in [3.63, 3.8) is 0 Å². The van der Waals surface area contributed by atoms with Gasteiger partial charge in [0.25, 0.3) is 10.0 Å². The van der Waals surface area contributed by atoms with E-state index in [0.717, 1.165) is 12.0 Å². The largest absolute Gasteiger partial charge is 0.310 e. The molecule has 0 atom stereocenters. The summed E-state index contributed by atoms with van der Waals surface area (Å²) in [5.74, 6) is 0. The van der Waals surface area contributed by atoms with Crippen molar-refractivity contribution < 1.29 is 8.42 Å². The van der Waals surface area contributed by atoms with Crippen LogP contribution in [0.5, 0.6) is 0 Å². The van der Waals surface area contributed by atoms with Gasteiger partial charge in [-0.05, 0) is 19.3 Å². The predicted molar refractivity (Wildman–Crippen MR) is 73.2 cm³/mol. The number of hydrogen-bond donors (Lipinski definition) is 2. The Balaban J connectivity index is 2.16. The number of nitrogens with one attached hydrogen (secondary N) is 2. The van der Waals surface area contributed by atoms with Gasteiger partial charge in [0.2, 0.25) is 0 Å². The molecule has 1 fully saturated rings. The second-order valence-electron chi connectivity index (χ2n) is 4.88. The lowest BCUT2D eigenvalue weighted by Crippen LogP contribution is -2.32. The number of aromatic amines is 1. The summed E-state index contributed by atoms with van der Waals surface area (Å²) < 4.78 is 26.5. The van der Waals surface area contributed by atoms with Crippen LogP contribution in [0.2, 0.25) is 0 Å². The molecular formula is C12H22N4O2S. The van der Waals surface area contributed by atoms with Crippen LogP contribution in [0.3, 0.4) is 0 Å².